The number of rotatable bonds is 13. The maximum absolute atomic E-state index is 9.05. The Hall–Kier alpha value is -0.930. The van der Waals surface area contributed by atoms with Crippen molar-refractivity contribution in [2.24, 2.45) is 11.7 Å². The summed E-state index contributed by atoms with van der Waals surface area (Å²) < 4.78 is 0. The summed E-state index contributed by atoms with van der Waals surface area (Å²) in [5, 5.41) is 9.05. The van der Waals surface area contributed by atoms with Crippen LogP contribution in [0.1, 0.15) is 63.4 Å². The first-order valence-corrected chi connectivity index (χ1v) is 8.56. The maximum Gasteiger partial charge on any atom is 0.0471 e. The minimum atomic E-state index is 0.243. The van der Waals surface area contributed by atoms with Gasteiger partial charge in [-0.05, 0) is 43.4 Å². The summed E-state index contributed by atoms with van der Waals surface area (Å²) in [5.41, 5.74) is 6.93. The lowest BCUT2D eigenvalue weighted by Gasteiger charge is -2.10. The molecular formula is C18H32N2O. The van der Waals surface area contributed by atoms with Gasteiger partial charge in [-0.15, -0.1) is 0 Å². The highest BCUT2D eigenvalue weighted by molar-refractivity contribution is 5.08. The fourth-order valence-electron chi connectivity index (χ4n) is 2.65. The molecular weight excluding hydrogens is 260 g/mol. The summed E-state index contributed by atoms with van der Waals surface area (Å²) in [6.07, 6.45) is 16.5. The number of unbranched alkanes of at least 4 members (excludes halogenated alkanes) is 7. The standard InChI is InChI=1S/C18H32N2O/c19-14-18(16-21)11-8-6-4-2-1-3-5-7-10-17-12-9-13-20-15-17/h9,12-13,15,18,21H,1-8,10-11,14,16,19H2. The van der Waals surface area contributed by atoms with E-state index >= 15 is 0 Å². The number of aryl methyl sites for hydroxylation is 1. The molecule has 1 atom stereocenters. The van der Waals surface area contributed by atoms with Crippen molar-refractivity contribution >= 4 is 0 Å². The topological polar surface area (TPSA) is 59.1 Å². The number of nitrogens with zero attached hydrogens (tertiary/aromatic N) is 1. The molecule has 1 aromatic rings. The third-order valence-electron chi connectivity index (χ3n) is 4.14. The molecule has 1 rings (SSSR count). The molecule has 0 aromatic carbocycles. The van der Waals surface area contributed by atoms with Gasteiger partial charge in [0.15, 0.2) is 0 Å². The Balaban J connectivity index is 1.82. The molecule has 0 radical (unpaired) electrons. The summed E-state index contributed by atoms with van der Waals surface area (Å²) in [4.78, 5) is 4.14. The molecule has 0 fully saturated rings. The fourth-order valence-corrected chi connectivity index (χ4v) is 2.65. The van der Waals surface area contributed by atoms with E-state index in [0.717, 1.165) is 12.8 Å². The molecule has 0 aliphatic carbocycles. The molecule has 0 aliphatic heterocycles. The van der Waals surface area contributed by atoms with E-state index in [0.29, 0.717) is 12.5 Å². The van der Waals surface area contributed by atoms with Crippen molar-refractivity contribution < 1.29 is 5.11 Å². The molecule has 120 valence electrons. The van der Waals surface area contributed by atoms with Gasteiger partial charge in [0, 0.05) is 19.0 Å². The van der Waals surface area contributed by atoms with Gasteiger partial charge in [0.1, 0.15) is 0 Å². The second kappa shape index (κ2) is 12.8. The Morgan fingerprint density at radius 3 is 2.24 bits per heavy atom. The molecule has 1 unspecified atom stereocenters. The van der Waals surface area contributed by atoms with Gasteiger partial charge in [0.05, 0.1) is 0 Å². The van der Waals surface area contributed by atoms with Crippen LogP contribution in [0.15, 0.2) is 24.5 Å². The van der Waals surface area contributed by atoms with E-state index in [1.807, 2.05) is 18.5 Å². The van der Waals surface area contributed by atoms with E-state index in [2.05, 4.69) is 11.1 Å². The van der Waals surface area contributed by atoms with Crippen LogP contribution in [0.2, 0.25) is 0 Å². The lowest BCUT2D eigenvalue weighted by Crippen LogP contribution is -2.17. The van der Waals surface area contributed by atoms with Gasteiger partial charge in [-0.25, -0.2) is 0 Å². The summed E-state index contributed by atoms with van der Waals surface area (Å²) >= 11 is 0. The largest absolute Gasteiger partial charge is 0.396 e. The number of aliphatic hydroxyl groups is 1. The Kier molecular flexibility index (Phi) is 11.0. The van der Waals surface area contributed by atoms with Gasteiger partial charge >= 0.3 is 0 Å². The lowest BCUT2D eigenvalue weighted by molar-refractivity contribution is 0.219. The third kappa shape index (κ3) is 9.59. The number of nitrogens with two attached hydrogens (primary N) is 1. The molecule has 3 N–H and O–H groups in total. The van der Waals surface area contributed by atoms with Crippen molar-refractivity contribution in [3.05, 3.63) is 30.1 Å². The zero-order chi connectivity index (χ0) is 15.2. The fraction of sp³-hybridized carbons (Fsp3) is 0.722. The molecule has 0 saturated carbocycles. The Labute approximate surface area is 130 Å². The van der Waals surface area contributed by atoms with Gasteiger partial charge in [0.2, 0.25) is 0 Å². The second-order valence-corrected chi connectivity index (χ2v) is 6.01. The van der Waals surface area contributed by atoms with Crippen LogP contribution in [0, 0.1) is 5.92 Å². The molecule has 0 amide bonds. The van der Waals surface area contributed by atoms with Gasteiger partial charge in [-0.1, -0.05) is 51.0 Å². The first kappa shape index (κ1) is 18.1. The van der Waals surface area contributed by atoms with E-state index in [1.54, 1.807) is 0 Å². The van der Waals surface area contributed by atoms with Crippen LogP contribution in [0.3, 0.4) is 0 Å². The Morgan fingerprint density at radius 1 is 1.00 bits per heavy atom. The molecule has 0 bridgehead atoms. The molecule has 1 aromatic heterocycles. The summed E-state index contributed by atoms with van der Waals surface area (Å²) in [6.45, 7) is 0.862. The van der Waals surface area contributed by atoms with Gasteiger partial charge in [-0.2, -0.15) is 0 Å². The number of aromatic nitrogens is 1. The Morgan fingerprint density at radius 2 is 1.67 bits per heavy atom. The lowest BCUT2D eigenvalue weighted by atomic mass is 10.0. The predicted molar refractivity (Wildman–Crippen MR) is 89.1 cm³/mol. The van der Waals surface area contributed by atoms with E-state index in [9.17, 15) is 0 Å². The van der Waals surface area contributed by atoms with Crippen molar-refractivity contribution in [2.75, 3.05) is 13.2 Å². The van der Waals surface area contributed by atoms with Crippen LogP contribution in [0.5, 0.6) is 0 Å². The first-order chi connectivity index (χ1) is 10.4. The van der Waals surface area contributed by atoms with Gasteiger partial charge in [-0.3, -0.25) is 4.98 Å². The Bertz CT molecular complexity index is 325. The number of aliphatic hydroxyl groups excluding tert-OH is 1. The van der Waals surface area contributed by atoms with Crippen molar-refractivity contribution in [1.82, 2.24) is 4.98 Å². The van der Waals surface area contributed by atoms with Gasteiger partial charge in [0.25, 0.3) is 0 Å². The average Bonchev–Trinajstić information content (AvgIpc) is 2.54. The smallest absolute Gasteiger partial charge is 0.0471 e. The zero-order valence-electron chi connectivity index (χ0n) is 13.3. The highest BCUT2D eigenvalue weighted by atomic mass is 16.3. The van der Waals surface area contributed by atoms with Crippen molar-refractivity contribution in [3.63, 3.8) is 0 Å². The molecule has 3 nitrogen and oxygen atoms in total. The first-order valence-electron chi connectivity index (χ1n) is 8.56. The second-order valence-electron chi connectivity index (χ2n) is 6.01. The normalized spacial score (nSPS) is 12.5. The highest BCUT2D eigenvalue weighted by Gasteiger charge is 2.03. The molecule has 3 heteroatoms. The van der Waals surface area contributed by atoms with E-state index in [4.69, 9.17) is 10.8 Å². The SMILES string of the molecule is NCC(CO)CCCCCCCCCCc1cccnc1. The van der Waals surface area contributed by atoms with Crippen molar-refractivity contribution in [1.29, 1.82) is 0 Å². The van der Waals surface area contributed by atoms with Crippen LogP contribution in [0.4, 0.5) is 0 Å². The van der Waals surface area contributed by atoms with Crippen LogP contribution in [0.25, 0.3) is 0 Å². The van der Waals surface area contributed by atoms with Gasteiger partial charge < -0.3 is 10.8 Å². The minimum absolute atomic E-state index is 0.243. The molecule has 0 saturated heterocycles. The van der Waals surface area contributed by atoms with Crippen LogP contribution in [-0.4, -0.2) is 23.2 Å². The average molecular weight is 292 g/mol. The minimum Gasteiger partial charge on any atom is -0.396 e. The predicted octanol–water partition coefficient (Wildman–Crippen LogP) is 3.70. The molecule has 1 heterocycles. The van der Waals surface area contributed by atoms with E-state index < -0.39 is 0 Å². The summed E-state index contributed by atoms with van der Waals surface area (Å²) in [7, 11) is 0. The van der Waals surface area contributed by atoms with E-state index in [-0.39, 0.29) is 6.61 Å². The van der Waals surface area contributed by atoms with Crippen molar-refractivity contribution in [3.8, 4) is 0 Å². The highest BCUT2D eigenvalue weighted by Crippen LogP contribution is 2.13. The number of hydrogen-bond acceptors (Lipinski definition) is 3. The quantitative estimate of drug-likeness (QED) is 0.545. The molecule has 21 heavy (non-hydrogen) atoms. The zero-order valence-corrected chi connectivity index (χ0v) is 13.3. The van der Waals surface area contributed by atoms with Crippen molar-refractivity contribution in [2.45, 2.75) is 64.2 Å². The number of hydrogen-bond donors (Lipinski definition) is 2. The molecule has 0 aliphatic rings. The number of pyridine rings is 1. The van der Waals surface area contributed by atoms with Crippen LogP contribution >= 0.6 is 0 Å². The monoisotopic (exact) mass is 292 g/mol. The summed E-state index contributed by atoms with van der Waals surface area (Å²) in [5.74, 6) is 0.317. The molecule has 0 spiro atoms. The maximum atomic E-state index is 9.05. The summed E-state index contributed by atoms with van der Waals surface area (Å²) in [6, 6.07) is 4.18. The van der Waals surface area contributed by atoms with Crippen LogP contribution in [-0.2, 0) is 6.42 Å². The van der Waals surface area contributed by atoms with E-state index in [1.165, 1.54) is 56.9 Å². The van der Waals surface area contributed by atoms with Crippen LogP contribution < -0.4 is 5.73 Å². The third-order valence-corrected chi connectivity index (χ3v) is 4.14.